The van der Waals surface area contributed by atoms with E-state index in [-0.39, 0.29) is 11.7 Å². The molecule has 0 fully saturated rings. The molecule has 116 valence electrons. The molecule has 0 aliphatic heterocycles. The first-order valence-corrected chi connectivity index (χ1v) is 7.47. The molecular formula is C18H21FN2O. The molecular weight excluding hydrogens is 279 g/mol. The molecule has 0 spiro atoms. The molecule has 2 aromatic carbocycles. The molecule has 3 nitrogen and oxygen atoms in total. The van der Waals surface area contributed by atoms with E-state index in [4.69, 9.17) is 0 Å². The van der Waals surface area contributed by atoms with Crippen LogP contribution in [0.4, 0.5) is 15.8 Å². The predicted molar refractivity (Wildman–Crippen MR) is 88.4 cm³/mol. The number of nitrogens with one attached hydrogen (secondary N) is 2. The third-order valence-electron chi connectivity index (χ3n) is 3.38. The summed E-state index contributed by atoms with van der Waals surface area (Å²) in [5.41, 5.74) is 3.86. The molecule has 0 aliphatic carbocycles. The summed E-state index contributed by atoms with van der Waals surface area (Å²) >= 11 is 0. The van der Waals surface area contributed by atoms with Crippen LogP contribution in [0.15, 0.2) is 42.5 Å². The van der Waals surface area contributed by atoms with Gasteiger partial charge in [-0.1, -0.05) is 19.1 Å². The molecule has 0 aliphatic rings. The Balaban J connectivity index is 1.97. The first kappa shape index (κ1) is 16.0. The minimum absolute atomic E-state index is 0.0442. The minimum Gasteiger partial charge on any atom is -0.381 e. The Bertz CT molecular complexity index is 638. The third-order valence-corrected chi connectivity index (χ3v) is 3.38. The van der Waals surface area contributed by atoms with E-state index in [1.165, 1.54) is 12.1 Å². The van der Waals surface area contributed by atoms with Crippen molar-refractivity contribution in [2.45, 2.75) is 33.2 Å². The van der Waals surface area contributed by atoms with Crippen LogP contribution in [-0.4, -0.2) is 5.91 Å². The Hall–Kier alpha value is -2.36. The maximum absolute atomic E-state index is 12.8. The van der Waals surface area contributed by atoms with Crippen LogP contribution in [0.1, 0.15) is 30.9 Å². The van der Waals surface area contributed by atoms with E-state index in [1.807, 2.05) is 32.0 Å². The van der Waals surface area contributed by atoms with E-state index < -0.39 is 0 Å². The van der Waals surface area contributed by atoms with Crippen molar-refractivity contribution in [3.8, 4) is 0 Å². The molecule has 0 heterocycles. The average molecular weight is 300 g/mol. The molecule has 0 saturated carbocycles. The molecule has 22 heavy (non-hydrogen) atoms. The molecule has 2 N–H and O–H groups in total. The largest absolute Gasteiger partial charge is 0.381 e. The molecule has 0 saturated heterocycles. The normalized spacial score (nSPS) is 10.3. The summed E-state index contributed by atoms with van der Waals surface area (Å²) < 4.78 is 12.8. The molecule has 0 atom stereocenters. The van der Waals surface area contributed by atoms with Crippen molar-refractivity contribution in [2.75, 3.05) is 10.6 Å². The van der Waals surface area contributed by atoms with Crippen LogP contribution in [0.2, 0.25) is 0 Å². The molecule has 1 amide bonds. The van der Waals surface area contributed by atoms with Gasteiger partial charge in [0.15, 0.2) is 0 Å². The Kier molecular flexibility index (Phi) is 5.53. The number of rotatable bonds is 6. The Morgan fingerprint density at radius 3 is 2.50 bits per heavy atom. The van der Waals surface area contributed by atoms with E-state index >= 15 is 0 Å². The van der Waals surface area contributed by atoms with Gasteiger partial charge in [0.1, 0.15) is 5.82 Å². The van der Waals surface area contributed by atoms with Crippen LogP contribution in [0.5, 0.6) is 0 Å². The zero-order valence-electron chi connectivity index (χ0n) is 12.9. The summed E-state index contributed by atoms with van der Waals surface area (Å²) in [5.74, 6) is -0.198. The smallest absolute Gasteiger partial charge is 0.224 e. The van der Waals surface area contributed by atoms with Crippen molar-refractivity contribution >= 4 is 17.3 Å². The first-order valence-electron chi connectivity index (χ1n) is 7.47. The number of hydrogen-bond donors (Lipinski definition) is 2. The molecule has 2 aromatic rings. The maximum atomic E-state index is 12.8. The average Bonchev–Trinajstić information content (AvgIpc) is 2.49. The van der Waals surface area contributed by atoms with Crippen LogP contribution in [0.25, 0.3) is 0 Å². The van der Waals surface area contributed by atoms with Gasteiger partial charge in [0, 0.05) is 24.3 Å². The fraction of sp³-hybridized carbons (Fsp3) is 0.278. The van der Waals surface area contributed by atoms with Gasteiger partial charge in [0.2, 0.25) is 5.91 Å². The molecule has 0 radical (unpaired) electrons. The molecule has 4 heteroatoms. The second kappa shape index (κ2) is 7.59. The fourth-order valence-corrected chi connectivity index (χ4v) is 2.19. The predicted octanol–water partition coefficient (Wildman–Crippen LogP) is 4.48. The van der Waals surface area contributed by atoms with E-state index in [9.17, 15) is 9.18 Å². The van der Waals surface area contributed by atoms with Gasteiger partial charge in [-0.2, -0.15) is 0 Å². The van der Waals surface area contributed by atoms with Gasteiger partial charge < -0.3 is 10.6 Å². The van der Waals surface area contributed by atoms with Crippen molar-refractivity contribution in [3.63, 3.8) is 0 Å². The van der Waals surface area contributed by atoms with Gasteiger partial charge in [0.05, 0.1) is 0 Å². The summed E-state index contributed by atoms with van der Waals surface area (Å²) in [6.45, 7) is 4.61. The van der Waals surface area contributed by atoms with E-state index in [0.29, 0.717) is 13.0 Å². The van der Waals surface area contributed by atoms with Crippen molar-refractivity contribution in [2.24, 2.45) is 0 Å². The van der Waals surface area contributed by atoms with Crippen LogP contribution >= 0.6 is 0 Å². The van der Waals surface area contributed by atoms with Crippen molar-refractivity contribution in [1.82, 2.24) is 0 Å². The molecule has 0 aromatic heterocycles. The molecule has 2 rings (SSSR count). The lowest BCUT2D eigenvalue weighted by molar-refractivity contribution is -0.116. The van der Waals surface area contributed by atoms with E-state index in [2.05, 4.69) is 10.6 Å². The lowest BCUT2D eigenvalue weighted by Crippen LogP contribution is -2.11. The Morgan fingerprint density at radius 2 is 1.86 bits per heavy atom. The second-order valence-corrected chi connectivity index (χ2v) is 5.31. The number of carbonyl (C=O) groups excluding carboxylic acids is 1. The van der Waals surface area contributed by atoms with Crippen LogP contribution < -0.4 is 10.6 Å². The van der Waals surface area contributed by atoms with Crippen molar-refractivity contribution < 1.29 is 9.18 Å². The zero-order chi connectivity index (χ0) is 15.9. The fourth-order valence-electron chi connectivity index (χ4n) is 2.19. The summed E-state index contributed by atoms with van der Waals surface area (Å²) in [7, 11) is 0. The summed E-state index contributed by atoms with van der Waals surface area (Å²) in [6.07, 6.45) is 1.37. The van der Waals surface area contributed by atoms with E-state index in [1.54, 1.807) is 12.1 Å². The van der Waals surface area contributed by atoms with Crippen LogP contribution in [-0.2, 0) is 11.3 Å². The zero-order valence-corrected chi connectivity index (χ0v) is 12.9. The number of halogens is 1. The second-order valence-electron chi connectivity index (χ2n) is 5.31. The molecule has 0 unspecified atom stereocenters. The standard InChI is InChI=1S/C18H21FN2O/c1-3-4-18(22)21-17-10-5-14(11-13(17)2)12-20-16-8-6-15(19)7-9-16/h5-11,20H,3-4,12H2,1-2H3,(H,21,22). The van der Waals surface area contributed by atoms with Gasteiger partial charge in [-0.05, 0) is 54.8 Å². The highest BCUT2D eigenvalue weighted by Gasteiger charge is 2.04. The number of amides is 1. The number of carbonyl (C=O) groups is 1. The summed E-state index contributed by atoms with van der Waals surface area (Å²) in [6, 6.07) is 12.2. The highest BCUT2D eigenvalue weighted by Crippen LogP contribution is 2.18. The topological polar surface area (TPSA) is 41.1 Å². The Morgan fingerprint density at radius 1 is 1.14 bits per heavy atom. The summed E-state index contributed by atoms with van der Waals surface area (Å²) in [5, 5.41) is 6.16. The lowest BCUT2D eigenvalue weighted by Gasteiger charge is -2.11. The van der Waals surface area contributed by atoms with Gasteiger partial charge in [-0.3, -0.25) is 4.79 Å². The van der Waals surface area contributed by atoms with Gasteiger partial charge >= 0.3 is 0 Å². The van der Waals surface area contributed by atoms with Crippen LogP contribution in [0, 0.1) is 12.7 Å². The van der Waals surface area contributed by atoms with Crippen molar-refractivity contribution in [3.05, 3.63) is 59.4 Å². The summed E-state index contributed by atoms with van der Waals surface area (Å²) in [4.78, 5) is 11.6. The SMILES string of the molecule is CCCC(=O)Nc1ccc(CNc2ccc(F)cc2)cc1C. The quantitative estimate of drug-likeness (QED) is 0.825. The minimum atomic E-state index is -0.242. The van der Waals surface area contributed by atoms with Gasteiger partial charge in [-0.25, -0.2) is 4.39 Å². The van der Waals surface area contributed by atoms with Crippen molar-refractivity contribution in [1.29, 1.82) is 0 Å². The van der Waals surface area contributed by atoms with Gasteiger partial charge in [0.25, 0.3) is 0 Å². The highest BCUT2D eigenvalue weighted by atomic mass is 19.1. The van der Waals surface area contributed by atoms with Crippen LogP contribution in [0.3, 0.4) is 0 Å². The molecule has 0 bridgehead atoms. The highest BCUT2D eigenvalue weighted by molar-refractivity contribution is 5.91. The number of hydrogen-bond acceptors (Lipinski definition) is 2. The van der Waals surface area contributed by atoms with Gasteiger partial charge in [-0.15, -0.1) is 0 Å². The third kappa shape index (κ3) is 4.58. The number of aryl methyl sites for hydroxylation is 1. The Labute approximate surface area is 130 Å². The first-order chi connectivity index (χ1) is 10.6. The maximum Gasteiger partial charge on any atom is 0.224 e. The monoisotopic (exact) mass is 300 g/mol. The number of anilines is 2. The van der Waals surface area contributed by atoms with E-state index in [0.717, 1.165) is 28.9 Å². The lowest BCUT2D eigenvalue weighted by atomic mass is 10.1. The number of benzene rings is 2.